The van der Waals surface area contributed by atoms with Crippen molar-refractivity contribution in [1.82, 2.24) is 5.32 Å². The topological polar surface area (TPSA) is 21.3 Å². The van der Waals surface area contributed by atoms with E-state index in [-0.39, 0.29) is 0 Å². The smallest absolute Gasteiger partial charge is 0.144 e. The van der Waals surface area contributed by atoms with Gasteiger partial charge in [-0.3, -0.25) is 0 Å². The summed E-state index contributed by atoms with van der Waals surface area (Å²) >= 11 is 0. The van der Waals surface area contributed by atoms with Crippen LogP contribution >= 0.6 is 0 Å². The summed E-state index contributed by atoms with van der Waals surface area (Å²) < 4.78 is 5.75. The molecule has 1 aliphatic rings. The molecule has 0 saturated carbocycles. The van der Waals surface area contributed by atoms with Gasteiger partial charge in [0.1, 0.15) is 20.2 Å². The fraction of sp³-hybridized carbons (Fsp3) is 0.500. The normalized spacial score (nSPS) is 18.8. The van der Waals surface area contributed by atoms with E-state index in [2.05, 4.69) is 45.7 Å². The molecule has 0 aliphatic carbocycles. The van der Waals surface area contributed by atoms with Crippen LogP contribution in [0.3, 0.4) is 0 Å². The summed E-state index contributed by atoms with van der Waals surface area (Å²) in [6, 6.07) is 4.56. The van der Waals surface area contributed by atoms with Crippen LogP contribution in [0.4, 0.5) is 0 Å². The standard InChI is InChI=1S/C16H24BNO/c1-4-7-19-16-8-12-5-6-18-10-14(11(2)3)13(12)9-15(16)17/h4,8-9,11,14,18H,1,5-7,10,17H2,2-3H3. The predicted molar refractivity (Wildman–Crippen MR) is 84.5 cm³/mol. The molecule has 2 rings (SSSR count). The maximum Gasteiger partial charge on any atom is 0.144 e. The molecule has 0 amide bonds. The third-order valence-corrected chi connectivity index (χ3v) is 3.93. The molecule has 0 saturated heterocycles. The lowest BCUT2D eigenvalue weighted by Crippen LogP contribution is -2.23. The molecule has 2 nitrogen and oxygen atoms in total. The van der Waals surface area contributed by atoms with E-state index in [4.69, 9.17) is 4.74 Å². The van der Waals surface area contributed by atoms with Gasteiger partial charge in [0.25, 0.3) is 0 Å². The number of benzene rings is 1. The van der Waals surface area contributed by atoms with E-state index in [9.17, 15) is 0 Å². The molecule has 19 heavy (non-hydrogen) atoms. The quantitative estimate of drug-likeness (QED) is 0.650. The Morgan fingerprint density at radius 2 is 2.32 bits per heavy atom. The van der Waals surface area contributed by atoms with Crippen LogP contribution in [-0.2, 0) is 6.42 Å². The molecule has 1 unspecified atom stereocenters. The number of rotatable bonds is 4. The SMILES string of the molecule is Bc1cc2c(cc1OCC=C)CCNCC2C(C)C. The van der Waals surface area contributed by atoms with Crippen molar-refractivity contribution >= 4 is 13.3 Å². The van der Waals surface area contributed by atoms with Crippen molar-refractivity contribution in [1.29, 1.82) is 0 Å². The van der Waals surface area contributed by atoms with Gasteiger partial charge in [-0.05, 0) is 47.5 Å². The molecule has 0 bridgehead atoms. The molecule has 1 N–H and O–H groups in total. The largest absolute Gasteiger partial charge is 0.490 e. The summed E-state index contributed by atoms with van der Waals surface area (Å²) in [6.07, 6.45) is 2.88. The maximum absolute atomic E-state index is 5.75. The average molecular weight is 257 g/mol. The lowest BCUT2D eigenvalue weighted by Gasteiger charge is -2.23. The highest BCUT2D eigenvalue weighted by Crippen LogP contribution is 2.30. The van der Waals surface area contributed by atoms with Gasteiger partial charge in [0, 0.05) is 6.54 Å². The number of fused-ring (bicyclic) bond motifs is 1. The molecule has 3 heteroatoms. The highest BCUT2D eigenvalue weighted by molar-refractivity contribution is 6.34. The summed E-state index contributed by atoms with van der Waals surface area (Å²) in [5.74, 6) is 2.26. The van der Waals surface area contributed by atoms with Gasteiger partial charge in [-0.2, -0.15) is 0 Å². The molecule has 1 aromatic carbocycles. The Kier molecular flexibility index (Phi) is 4.70. The average Bonchev–Trinajstić information content (AvgIpc) is 2.58. The predicted octanol–water partition coefficient (Wildman–Crippen LogP) is 1.40. The van der Waals surface area contributed by atoms with Gasteiger partial charge in [-0.15, -0.1) is 0 Å². The number of ether oxygens (including phenoxy) is 1. The van der Waals surface area contributed by atoms with Crippen LogP contribution in [0.25, 0.3) is 0 Å². The van der Waals surface area contributed by atoms with Crippen LogP contribution in [0.2, 0.25) is 0 Å². The fourth-order valence-electron chi connectivity index (χ4n) is 2.80. The maximum atomic E-state index is 5.75. The second-order valence-corrected chi connectivity index (χ2v) is 5.72. The van der Waals surface area contributed by atoms with Crippen molar-refractivity contribution in [3.8, 4) is 5.75 Å². The first-order chi connectivity index (χ1) is 9.13. The molecular weight excluding hydrogens is 233 g/mol. The second-order valence-electron chi connectivity index (χ2n) is 5.72. The zero-order valence-corrected chi connectivity index (χ0v) is 12.3. The van der Waals surface area contributed by atoms with E-state index in [1.807, 2.05) is 0 Å². The van der Waals surface area contributed by atoms with Crippen LogP contribution < -0.4 is 15.5 Å². The van der Waals surface area contributed by atoms with Crippen molar-refractivity contribution < 1.29 is 4.74 Å². The van der Waals surface area contributed by atoms with Crippen molar-refractivity contribution in [3.05, 3.63) is 35.9 Å². The number of hydrogen-bond acceptors (Lipinski definition) is 2. The molecule has 1 aliphatic heterocycles. The Hall–Kier alpha value is -1.22. The zero-order chi connectivity index (χ0) is 13.8. The minimum absolute atomic E-state index is 0.575. The van der Waals surface area contributed by atoms with Crippen LogP contribution in [0, 0.1) is 5.92 Å². The molecule has 0 spiro atoms. The van der Waals surface area contributed by atoms with Crippen LogP contribution in [0.1, 0.15) is 30.9 Å². The zero-order valence-electron chi connectivity index (χ0n) is 12.3. The Labute approximate surface area is 117 Å². The number of nitrogens with one attached hydrogen (secondary N) is 1. The van der Waals surface area contributed by atoms with Crippen molar-refractivity contribution in [2.75, 3.05) is 19.7 Å². The monoisotopic (exact) mass is 257 g/mol. The van der Waals surface area contributed by atoms with E-state index in [0.29, 0.717) is 18.4 Å². The van der Waals surface area contributed by atoms with Crippen molar-refractivity contribution in [2.24, 2.45) is 5.92 Å². The first-order valence-electron chi connectivity index (χ1n) is 7.21. The third-order valence-electron chi connectivity index (χ3n) is 3.93. The van der Waals surface area contributed by atoms with Gasteiger partial charge in [0.05, 0.1) is 0 Å². The van der Waals surface area contributed by atoms with Gasteiger partial charge in [-0.25, -0.2) is 0 Å². The van der Waals surface area contributed by atoms with Gasteiger partial charge >= 0.3 is 0 Å². The Balaban J connectivity index is 2.37. The fourth-order valence-corrected chi connectivity index (χ4v) is 2.80. The minimum atomic E-state index is 0.575. The van der Waals surface area contributed by atoms with Gasteiger partial charge in [0.15, 0.2) is 0 Å². The molecular formula is C16H24BNO. The van der Waals surface area contributed by atoms with Crippen LogP contribution in [0.5, 0.6) is 5.75 Å². The van der Waals surface area contributed by atoms with E-state index in [1.54, 1.807) is 6.08 Å². The summed E-state index contributed by atoms with van der Waals surface area (Å²) in [6.45, 7) is 11.0. The minimum Gasteiger partial charge on any atom is -0.490 e. The van der Waals surface area contributed by atoms with Crippen LogP contribution in [0.15, 0.2) is 24.8 Å². The van der Waals surface area contributed by atoms with E-state index in [0.717, 1.165) is 25.3 Å². The van der Waals surface area contributed by atoms with E-state index in [1.165, 1.54) is 16.6 Å². The molecule has 0 radical (unpaired) electrons. The third kappa shape index (κ3) is 3.21. The molecule has 1 aromatic rings. The summed E-state index contributed by atoms with van der Waals surface area (Å²) in [5, 5.41) is 3.55. The molecule has 102 valence electrons. The molecule has 0 fully saturated rings. The Bertz CT molecular complexity index is 456. The van der Waals surface area contributed by atoms with Crippen molar-refractivity contribution in [2.45, 2.75) is 26.2 Å². The van der Waals surface area contributed by atoms with E-state index < -0.39 is 0 Å². The summed E-state index contributed by atoms with van der Waals surface area (Å²) in [7, 11) is 2.13. The highest BCUT2D eigenvalue weighted by Gasteiger charge is 2.22. The summed E-state index contributed by atoms with van der Waals surface area (Å²) in [4.78, 5) is 0. The first kappa shape index (κ1) is 14.2. The van der Waals surface area contributed by atoms with E-state index >= 15 is 0 Å². The lowest BCUT2D eigenvalue weighted by molar-refractivity contribution is 0.365. The summed E-state index contributed by atoms with van der Waals surface area (Å²) in [5.41, 5.74) is 4.17. The van der Waals surface area contributed by atoms with Gasteiger partial charge in [-0.1, -0.05) is 32.6 Å². The second kappa shape index (κ2) is 6.29. The molecule has 1 atom stereocenters. The van der Waals surface area contributed by atoms with Crippen molar-refractivity contribution in [3.63, 3.8) is 0 Å². The van der Waals surface area contributed by atoms with Gasteiger partial charge < -0.3 is 10.1 Å². The highest BCUT2D eigenvalue weighted by atomic mass is 16.5. The molecule has 1 heterocycles. The lowest BCUT2D eigenvalue weighted by atomic mass is 9.81. The Morgan fingerprint density at radius 1 is 1.53 bits per heavy atom. The molecule has 0 aromatic heterocycles. The van der Waals surface area contributed by atoms with Gasteiger partial charge in [0.2, 0.25) is 0 Å². The Morgan fingerprint density at radius 3 is 3.00 bits per heavy atom. The first-order valence-corrected chi connectivity index (χ1v) is 7.21. The van der Waals surface area contributed by atoms with Crippen LogP contribution in [-0.4, -0.2) is 27.5 Å². The number of hydrogen-bond donors (Lipinski definition) is 1.